The minimum atomic E-state index is -1.98. The molecule has 0 aliphatic carbocycles. The van der Waals surface area contributed by atoms with Crippen LogP contribution < -0.4 is 10.7 Å². The first kappa shape index (κ1) is 21.8. The fraction of sp³-hybridized carbons (Fsp3) is 0. The molecular formula is C29H23O2Sn. The molecule has 0 heterocycles. The number of hydrogen-bond acceptors (Lipinski definition) is 1. The first-order chi connectivity index (χ1) is 15.7. The van der Waals surface area contributed by atoms with E-state index in [-0.39, 0.29) is 0 Å². The van der Waals surface area contributed by atoms with Gasteiger partial charge in [0.05, 0.1) is 5.56 Å². The van der Waals surface area contributed by atoms with Gasteiger partial charge in [0.1, 0.15) is 0 Å². The Morgan fingerprint density at radius 2 is 0.906 bits per heavy atom. The van der Waals surface area contributed by atoms with Gasteiger partial charge in [-0.1, -0.05) is 36.4 Å². The summed E-state index contributed by atoms with van der Waals surface area (Å²) >= 11 is -1.98. The van der Waals surface area contributed by atoms with E-state index in [2.05, 4.69) is 91.0 Å². The molecule has 2 nitrogen and oxygen atoms in total. The van der Waals surface area contributed by atoms with Crippen molar-refractivity contribution in [1.82, 2.24) is 0 Å². The average Bonchev–Trinajstić information content (AvgIpc) is 2.86. The normalized spacial score (nSPS) is 10.4. The molecule has 0 aliphatic heterocycles. The molecule has 0 unspecified atom stereocenters. The van der Waals surface area contributed by atoms with Gasteiger partial charge in [0.15, 0.2) is 0 Å². The summed E-state index contributed by atoms with van der Waals surface area (Å²) < 4.78 is 4.59. The molecule has 0 saturated heterocycles. The number of fused-ring (bicyclic) bond motifs is 1. The average molecular weight is 522 g/mol. The maximum atomic E-state index is 10.8. The molecule has 0 spiro atoms. The zero-order chi connectivity index (χ0) is 22.2. The Balaban J connectivity index is 0.000000165. The zero-order valence-electron chi connectivity index (χ0n) is 17.6. The molecule has 1 radical (unpaired) electrons. The van der Waals surface area contributed by atoms with Gasteiger partial charge in [-0.15, -0.1) is 0 Å². The van der Waals surface area contributed by atoms with Crippen LogP contribution in [0, 0.1) is 0 Å². The number of aromatic carboxylic acids is 1. The third kappa shape index (κ3) is 5.27. The minimum absolute atomic E-state index is 0.359. The summed E-state index contributed by atoms with van der Waals surface area (Å²) in [5.74, 6) is -0.878. The van der Waals surface area contributed by atoms with Crippen LogP contribution >= 0.6 is 0 Å². The van der Waals surface area contributed by atoms with E-state index in [0.29, 0.717) is 5.56 Å². The fourth-order valence-corrected chi connectivity index (χ4v) is 11.1. The molecule has 0 aliphatic rings. The van der Waals surface area contributed by atoms with Crippen molar-refractivity contribution in [2.75, 3.05) is 0 Å². The Morgan fingerprint density at radius 3 is 1.38 bits per heavy atom. The van der Waals surface area contributed by atoms with Gasteiger partial charge in [-0.2, -0.15) is 0 Å². The van der Waals surface area contributed by atoms with Gasteiger partial charge in [0, 0.05) is 0 Å². The van der Waals surface area contributed by atoms with Crippen LogP contribution in [0.5, 0.6) is 0 Å². The molecule has 5 aromatic rings. The van der Waals surface area contributed by atoms with Crippen LogP contribution in [0.3, 0.4) is 0 Å². The number of benzene rings is 5. The van der Waals surface area contributed by atoms with Gasteiger partial charge in [-0.3, -0.25) is 0 Å². The van der Waals surface area contributed by atoms with E-state index in [4.69, 9.17) is 5.11 Å². The Kier molecular flexibility index (Phi) is 7.36. The summed E-state index contributed by atoms with van der Waals surface area (Å²) in [5, 5.41) is 10.6. The molecule has 0 atom stereocenters. The molecule has 1 N–H and O–H groups in total. The third-order valence-electron chi connectivity index (χ3n) is 5.21. The number of carbonyl (C=O) groups is 1. The molecule has 0 bridgehead atoms. The number of rotatable bonds is 4. The topological polar surface area (TPSA) is 37.3 Å². The van der Waals surface area contributed by atoms with E-state index in [1.807, 2.05) is 30.3 Å². The predicted octanol–water partition coefficient (Wildman–Crippen LogP) is 4.74. The van der Waals surface area contributed by atoms with E-state index < -0.39 is 25.7 Å². The molecule has 32 heavy (non-hydrogen) atoms. The van der Waals surface area contributed by atoms with Crippen LogP contribution in [-0.4, -0.2) is 30.8 Å². The van der Waals surface area contributed by atoms with E-state index in [1.54, 1.807) is 12.1 Å². The molecule has 0 fully saturated rings. The van der Waals surface area contributed by atoms with E-state index >= 15 is 0 Å². The van der Waals surface area contributed by atoms with E-state index in [9.17, 15) is 4.79 Å². The maximum absolute atomic E-state index is 10.8. The predicted molar refractivity (Wildman–Crippen MR) is 135 cm³/mol. The van der Waals surface area contributed by atoms with Gasteiger partial charge in [-0.25, -0.2) is 4.79 Å². The quantitative estimate of drug-likeness (QED) is 0.347. The van der Waals surface area contributed by atoms with Crippen molar-refractivity contribution in [2.24, 2.45) is 0 Å². The summed E-state index contributed by atoms with van der Waals surface area (Å²) in [6.45, 7) is 0. The fourth-order valence-electron chi connectivity index (χ4n) is 3.73. The second kappa shape index (κ2) is 10.8. The van der Waals surface area contributed by atoms with Crippen molar-refractivity contribution in [3.63, 3.8) is 0 Å². The van der Waals surface area contributed by atoms with Crippen LogP contribution in [0.4, 0.5) is 0 Å². The Morgan fingerprint density at radius 1 is 0.500 bits per heavy atom. The van der Waals surface area contributed by atoms with Crippen LogP contribution in [0.15, 0.2) is 133 Å². The molecule has 5 aromatic carbocycles. The standard InChI is InChI=1S/C11H8O2.3C6H5.Sn/c12-11(13)10-7-3-5-8-4-1-2-6-9(8)10;3*1-2-4-6-5-3-1;/h1-7H,(H,12,13);3*1-5H;. The SMILES string of the molecule is O=C(O)c1cccc2ccccc12.c1cc[c]([Sn]([c]2ccccc2)[c]2ccccc2)cc1. The first-order valence-electron chi connectivity index (χ1n) is 10.5. The van der Waals surface area contributed by atoms with Crippen LogP contribution in [0.25, 0.3) is 10.8 Å². The van der Waals surface area contributed by atoms with E-state index in [0.717, 1.165) is 10.8 Å². The van der Waals surface area contributed by atoms with Gasteiger partial charge in [-0.05, 0) is 16.8 Å². The molecule has 0 saturated carbocycles. The van der Waals surface area contributed by atoms with Crippen LogP contribution in [-0.2, 0) is 0 Å². The summed E-state index contributed by atoms with van der Waals surface area (Å²) in [7, 11) is 0. The Bertz CT molecular complexity index is 1190. The summed E-state index contributed by atoms with van der Waals surface area (Å²) in [6, 6.07) is 45.7. The molecule has 0 amide bonds. The van der Waals surface area contributed by atoms with Crippen molar-refractivity contribution >= 4 is 47.2 Å². The zero-order valence-corrected chi connectivity index (χ0v) is 20.4. The van der Waals surface area contributed by atoms with Gasteiger partial charge in [0.25, 0.3) is 0 Å². The second-order valence-electron chi connectivity index (χ2n) is 7.30. The van der Waals surface area contributed by atoms with Crippen molar-refractivity contribution in [3.05, 3.63) is 139 Å². The second-order valence-corrected chi connectivity index (χ2v) is 14.4. The summed E-state index contributed by atoms with van der Waals surface area (Å²) in [4.78, 5) is 10.8. The number of hydrogen-bond donors (Lipinski definition) is 1. The molecule has 5 rings (SSSR count). The molecular weight excluding hydrogens is 499 g/mol. The Labute approximate surface area is 195 Å². The molecule has 0 aromatic heterocycles. The monoisotopic (exact) mass is 523 g/mol. The summed E-state index contributed by atoms with van der Waals surface area (Å²) in [6.07, 6.45) is 0. The van der Waals surface area contributed by atoms with Gasteiger partial charge in [0.2, 0.25) is 0 Å². The van der Waals surface area contributed by atoms with Crippen molar-refractivity contribution in [2.45, 2.75) is 0 Å². The number of carboxylic acid groups (broad SMARTS) is 1. The van der Waals surface area contributed by atoms with Crippen molar-refractivity contribution < 1.29 is 9.90 Å². The molecule has 3 heteroatoms. The van der Waals surface area contributed by atoms with E-state index in [1.165, 1.54) is 10.7 Å². The number of carboxylic acids is 1. The Hall–Kier alpha value is -3.37. The van der Waals surface area contributed by atoms with Crippen molar-refractivity contribution in [1.29, 1.82) is 0 Å². The third-order valence-corrected chi connectivity index (χ3v) is 13.0. The summed E-state index contributed by atoms with van der Waals surface area (Å²) in [5.41, 5.74) is 0.359. The van der Waals surface area contributed by atoms with Gasteiger partial charge >= 0.3 is 127 Å². The van der Waals surface area contributed by atoms with Gasteiger partial charge < -0.3 is 5.11 Å². The van der Waals surface area contributed by atoms with Crippen LogP contribution in [0.2, 0.25) is 0 Å². The van der Waals surface area contributed by atoms with Crippen molar-refractivity contribution in [3.8, 4) is 0 Å². The first-order valence-corrected chi connectivity index (χ1v) is 14.8. The van der Waals surface area contributed by atoms with Crippen LogP contribution in [0.1, 0.15) is 10.4 Å². The molecule has 155 valence electrons.